The molecule has 1 aliphatic carbocycles. The van der Waals surface area contributed by atoms with Gasteiger partial charge < -0.3 is 0 Å². The first-order valence-electron chi connectivity index (χ1n) is 7.69. The lowest BCUT2D eigenvalue weighted by molar-refractivity contribution is 0.180. The van der Waals surface area contributed by atoms with Gasteiger partial charge in [0.2, 0.25) is 4.77 Å². The van der Waals surface area contributed by atoms with Crippen LogP contribution < -0.4 is 0 Å². The lowest BCUT2D eigenvalue weighted by atomic mass is 10.1. The van der Waals surface area contributed by atoms with Crippen LogP contribution in [0.4, 0.5) is 0 Å². The fraction of sp³-hybridized carbons (Fsp3) is 0.562. The number of benzene rings is 1. The number of tetrazole rings is 1. The zero-order valence-electron chi connectivity index (χ0n) is 13.7. The third-order valence-electron chi connectivity index (χ3n) is 4.27. The summed E-state index contributed by atoms with van der Waals surface area (Å²) in [6, 6.07) is 9.12. The molecule has 0 spiro atoms. The molecule has 3 rings (SSSR count). The zero-order valence-corrected chi connectivity index (χ0v) is 14.5. The van der Waals surface area contributed by atoms with Crippen LogP contribution in [0.2, 0.25) is 0 Å². The molecule has 0 radical (unpaired) electrons. The van der Waals surface area contributed by atoms with Gasteiger partial charge in [0.15, 0.2) is 0 Å². The first kappa shape index (κ1) is 15.4. The van der Waals surface area contributed by atoms with Gasteiger partial charge in [-0.25, -0.2) is 9.36 Å². The molecule has 22 heavy (non-hydrogen) atoms. The number of fused-ring (bicyclic) bond motifs is 1. The predicted octanol–water partition coefficient (Wildman–Crippen LogP) is 3.14. The molecular formula is C16H23N5S. The summed E-state index contributed by atoms with van der Waals surface area (Å²) in [5.74, 6) is 0. The lowest BCUT2D eigenvalue weighted by Gasteiger charge is -2.24. The van der Waals surface area contributed by atoms with E-state index in [0.29, 0.717) is 17.5 Å². The summed E-state index contributed by atoms with van der Waals surface area (Å²) in [5.41, 5.74) is 2.74. The molecule has 1 aromatic carbocycles. The van der Waals surface area contributed by atoms with E-state index in [1.165, 1.54) is 11.1 Å². The molecule has 0 saturated carbocycles. The maximum absolute atomic E-state index is 5.52. The minimum absolute atomic E-state index is 0.145. The van der Waals surface area contributed by atoms with Crippen LogP contribution >= 0.6 is 12.2 Å². The number of nitrogens with zero attached hydrogens (tertiary/aromatic N) is 5. The summed E-state index contributed by atoms with van der Waals surface area (Å²) in [6.07, 6.45) is 2.29. The van der Waals surface area contributed by atoms with E-state index in [1.54, 1.807) is 4.68 Å². The molecule has 1 atom stereocenters. The molecule has 0 saturated heterocycles. The Morgan fingerprint density at radius 1 is 1.27 bits per heavy atom. The van der Waals surface area contributed by atoms with Crippen LogP contribution in [-0.4, -0.2) is 31.7 Å². The van der Waals surface area contributed by atoms with E-state index in [-0.39, 0.29) is 5.54 Å². The summed E-state index contributed by atoms with van der Waals surface area (Å²) in [6.45, 7) is 6.91. The van der Waals surface area contributed by atoms with Crippen molar-refractivity contribution < 1.29 is 0 Å². The van der Waals surface area contributed by atoms with Crippen molar-refractivity contribution in [3.8, 4) is 0 Å². The van der Waals surface area contributed by atoms with Crippen LogP contribution in [-0.2, 0) is 18.6 Å². The highest BCUT2D eigenvalue weighted by Gasteiger charge is 2.26. The monoisotopic (exact) mass is 317 g/mol. The van der Waals surface area contributed by atoms with Crippen LogP contribution in [0.3, 0.4) is 0 Å². The Balaban J connectivity index is 1.80. The molecule has 0 fully saturated rings. The molecule has 1 heterocycles. The van der Waals surface area contributed by atoms with E-state index >= 15 is 0 Å². The summed E-state index contributed by atoms with van der Waals surface area (Å²) in [5, 5.41) is 8.44. The van der Waals surface area contributed by atoms with Crippen LogP contribution in [0.1, 0.15) is 44.4 Å². The smallest absolute Gasteiger partial charge is 0.217 e. The van der Waals surface area contributed by atoms with E-state index in [1.807, 2.05) is 4.68 Å². The average molecular weight is 317 g/mol. The minimum atomic E-state index is -0.145. The Hall–Kier alpha value is -1.53. The second kappa shape index (κ2) is 5.59. The van der Waals surface area contributed by atoms with Crippen molar-refractivity contribution in [2.75, 3.05) is 7.05 Å². The molecule has 0 aliphatic heterocycles. The van der Waals surface area contributed by atoms with Crippen LogP contribution in [0.5, 0.6) is 0 Å². The molecule has 0 N–H and O–H groups in total. The van der Waals surface area contributed by atoms with Crippen molar-refractivity contribution in [2.24, 2.45) is 0 Å². The average Bonchev–Trinajstić information content (AvgIpc) is 3.03. The normalized spacial score (nSPS) is 18.0. The van der Waals surface area contributed by atoms with E-state index in [0.717, 1.165) is 12.8 Å². The van der Waals surface area contributed by atoms with E-state index < -0.39 is 0 Å². The number of rotatable bonds is 3. The van der Waals surface area contributed by atoms with Gasteiger partial charge in [-0.2, -0.15) is 0 Å². The summed E-state index contributed by atoms with van der Waals surface area (Å²) >= 11 is 5.52. The standard InChI is InChI=1S/C16H23N5S/c1-16(2,3)21-15(22)20(17-18-21)11-19(4)14-10-9-12-7-5-6-8-13(12)14/h5-8,14H,9-11H2,1-4H3. The predicted molar refractivity (Wildman–Crippen MR) is 89.1 cm³/mol. The Morgan fingerprint density at radius 3 is 2.68 bits per heavy atom. The van der Waals surface area contributed by atoms with Crippen molar-refractivity contribution >= 4 is 12.2 Å². The molecule has 1 aliphatic rings. The fourth-order valence-corrected chi connectivity index (χ4v) is 3.49. The van der Waals surface area contributed by atoms with Gasteiger partial charge in [0.1, 0.15) is 0 Å². The van der Waals surface area contributed by atoms with Gasteiger partial charge >= 0.3 is 0 Å². The summed E-state index contributed by atoms with van der Waals surface area (Å²) in [7, 11) is 2.13. The molecule has 0 bridgehead atoms. The number of hydrogen-bond donors (Lipinski definition) is 0. The molecule has 2 aromatic rings. The fourth-order valence-electron chi connectivity index (χ4n) is 3.09. The second-order valence-corrected chi connectivity index (χ2v) is 7.36. The first-order chi connectivity index (χ1) is 10.4. The van der Waals surface area contributed by atoms with E-state index in [9.17, 15) is 0 Å². The second-order valence-electron chi connectivity index (χ2n) is 7.00. The number of aryl methyl sites for hydroxylation is 1. The summed E-state index contributed by atoms with van der Waals surface area (Å²) < 4.78 is 4.28. The Morgan fingerprint density at radius 2 is 2.00 bits per heavy atom. The van der Waals surface area contributed by atoms with Crippen molar-refractivity contribution in [3.63, 3.8) is 0 Å². The third kappa shape index (κ3) is 2.73. The molecule has 0 amide bonds. The van der Waals surface area contributed by atoms with Gasteiger partial charge in [0, 0.05) is 6.04 Å². The highest BCUT2D eigenvalue weighted by atomic mass is 32.1. The van der Waals surface area contributed by atoms with Crippen molar-refractivity contribution in [1.29, 1.82) is 0 Å². The van der Waals surface area contributed by atoms with Crippen LogP contribution in [0.15, 0.2) is 24.3 Å². The highest BCUT2D eigenvalue weighted by molar-refractivity contribution is 7.71. The van der Waals surface area contributed by atoms with Gasteiger partial charge in [0.05, 0.1) is 12.2 Å². The van der Waals surface area contributed by atoms with Gasteiger partial charge in [0.25, 0.3) is 0 Å². The van der Waals surface area contributed by atoms with E-state index in [2.05, 4.69) is 67.4 Å². The maximum Gasteiger partial charge on any atom is 0.217 e. The minimum Gasteiger partial charge on any atom is -0.280 e. The summed E-state index contributed by atoms with van der Waals surface area (Å²) in [4.78, 5) is 2.31. The quantitative estimate of drug-likeness (QED) is 0.815. The van der Waals surface area contributed by atoms with Crippen molar-refractivity contribution in [2.45, 2.75) is 51.9 Å². The Kier molecular flexibility index (Phi) is 3.91. The van der Waals surface area contributed by atoms with E-state index in [4.69, 9.17) is 12.2 Å². The molecular weight excluding hydrogens is 294 g/mol. The number of aromatic nitrogens is 4. The maximum atomic E-state index is 5.52. The van der Waals surface area contributed by atoms with Crippen molar-refractivity contribution in [1.82, 2.24) is 24.7 Å². The third-order valence-corrected chi connectivity index (χ3v) is 4.65. The van der Waals surface area contributed by atoms with Gasteiger partial charge in [-0.15, -0.1) is 0 Å². The molecule has 5 nitrogen and oxygen atoms in total. The Labute approximate surface area is 136 Å². The molecule has 1 unspecified atom stereocenters. The zero-order chi connectivity index (χ0) is 15.9. The number of hydrogen-bond acceptors (Lipinski definition) is 4. The molecule has 6 heteroatoms. The van der Waals surface area contributed by atoms with Gasteiger partial charge in [-0.3, -0.25) is 4.90 Å². The van der Waals surface area contributed by atoms with Crippen LogP contribution in [0, 0.1) is 4.77 Å². The Bertz CT molecular complexity index is 725. The molecule has 118 valence electrons. The van der Waals surface area contributed by atoms with Crippen molar-refractivity contribution in [3.05, 3.63) is 40.2 Å². The van der Waals surface area contributed by atoms with Gasteiger partial charge in [-0.05, 0) is 74.4 Å². The topological polar surface area (TPSA) is 38.9 Å². The highest BCUT2D eigenvalue weighted by Crippen LogP contribution is 2.34. The van der Waals surface area contributed by atoms with Crippen LogP contribution in [0.25, 0.3) is 0 Å². The van der Waals surface area contributed by atoms with Gasteiger partial charge in [-0.1, -0.05) is 24.3 Å². The SMILES string of the molecule is CN(Cn1nnn(C(C)(C)C)c1=S)C1CCc2ccccc21. The first-order valence-corrected chi connectivity index (χ1v) is 8.10. The lowest BCUT2D eigenvalue weighted by Crippen LogP contribution is -2.27. The molecule has 1 aromatic heterocycles. The largest absolute Gasteiger partial charge is 0.280 e.